The van der Waals surface area contributed by atoms with Gasteiger partial charge in [0.05, 0.1) is 22.8 Å². The predicted molar refractivity (Wildman–Crippen MR) is 102 cm³/mol. The highest BCUT2D eigenvalue weighted by Gasteiger charge is 2.11. The van der Waals surface area contributed by atoms with E-state index in [1.54, 1.807) is 42.6 Å². The second kappa shape index (κ2) is 7.43. The van der Waals surface area contributed by atoms with Crippen molar-refractivity contribution >= 4 is 16.8 Å². The van der Waals surface area contributed by atoms with E-state index >= 15 is 0 Å². The summed E-state index contributed by atoms with van der Waals surface area (Å²) in [6.45, 7) is 0.311. The Balaban J connectivity index is 1.39. The van der Waals surface area contributed by atoms with Crippen LogP contribution >= 0.6 is 0 Å². The van der Waals surface area contributed by atoms with Gasteiger partial charge in [0.1, 0.15) is 11.6 Å². The van der Waals surface area contributed by atoms with Crippen molar-refractivity contribution in [1.82, 2.24) is 25.3 Å². The van der Waals surface area contributed by atoms with Crippen LogP contribution in [0.4, 0.5) is 4.39 Å². The van der Waals surface area contributed by atoms with Crippen LogP contribution in [0, 0.1) is 5.82 Å². The van der Waals surface area contributed by atoms with Gasteiger partial charge in [0.15, 0.2) is 5.82 Å². The molecule has 0 saturated heterocycles. The summed E-state index contributed by atoms with van der Waals surface area (Å²) in [5, 5.41) is 3.15. The maximum atomic E-state index is 13.0. The first kappa shape index (κ1) is 17.6. The molecule has 0 saturated carbocycles. The minimum Gasteiger partial charge on any atom is -0.349 e. The molecule has 140 valence electrons. The molecule has 0 radical (unpaired) electrons. The van der Waals surface area contributed by atoms with Gasteiger partial charge >= 0.3 is 0 Å². The summed E-state index contributed by atoms with van der Waals surface area (Å²) in [5.41, 5.74) is 1.70. The Kier molecular flexibility index (Phi) is 4.67. The quantitative estimate of drug-likeness (QED) is 0.497. The number of aromatic amines is 2. The zero-order chi connectivity index (χ0) is 19.5. The molecule has 0 aliphatic carbocycles. The number of fused-ring (bicyclic) bond motifs is 1. The Morgan fingerprint density at radius 1 is 1.07 bits per heavy atom. The monoisotopic (exact) mass is 377 g/mol. The molecule has 28 heavy (non-hydrogen) atoms. The number of nitrogens with one attached hydrogen (secondary N) is 3. The molecule has 2 heterocycles. The Morgan fingerprint density at radius 2 is 1.86 bits per heavy atom. The zero-order valence-electron chi connectivity index (χ0n) is 14.7. The molecule has 2 aromatic heterocycles. The summed E-state index contributed by atoms with van der Waals surface area (Å²) in [7, 11) is 0. The van der Waals surface area contributed by atoms with Crippen molar-refractivity contribution in [2.24, 2.45) is 0 Å². The fourth-order valence-corrected chi connectivity index (χ4v) is 2.84. The number of hydrogen-bond donors (Lipinski definition) is 3. The highest BCUT2D eigenvalue weighted by Crippen LogP contribution is 2.17. The number of benzene rings is 2. The molecule has 4 rings (SSSR count). The number of carbonyl (C=O) groups excluding carboxylic acids is 1. The molecule has 7 nitrogen and oxygen atoms in total. The SMILES string of the molecule is O=C(NCCc1ncc(-c2ccc(F)cc2)[nH]1)c1nc2ccccc2c(=O)[nH]1. The molecule has 0 spiro atoms. The van der Waals surface area contributed by atoms with Gasteiger partial charge in [-0.25, -0.2) is 14.4 Å². The lowest BCUT2D eigenvalue weighted by atomic mass is 10.2. The number of hydrogen-bond acceptors (Lipinski definition) is 4. The standard InChI is InChI=1S/C20H16FN5O2/c21-13-7-5-12(6-8-13)16-11-23-17(24-16)9-10-22-20(28)18-25-15-4-2-1-3-14(15)19(27)26-18/h1-8,11H,9-10H2,(H,22,28)(H,23,24)(H,25,26,27). The van der Waals surface area contributed by atoms with Gasteiger partial charge < -0.3 is 15.3 Å². The highest BCUT2D eigenvalue weighted by atomic mass is 19.1. The van der Waals surface area contributed by atoms with Gasteiger partial charge in [0.25, 0.3) is 11.5 Å². The molecule has 8 heteroatoms. The van der Waals surface area contributed by atoms with Crippen molar-refractivity contribution < 1.29 is 9.18 Å². The van der Waals surface area contributed by atoms with E-state index in [0.29, 0.717) is 29.7 Å². The topological polar surface area (TPSA) is 104 Å². The minimum absolute atomic E-state index is 0.0323. The van der Waals surface area contributed by atoms with Crippen molar-refractivity contribution in [2.45, 2.75) is 6.42 Å². The first-order chi connectivity index (χ1) is 13.6. The van der Waals surface area contributed by atoms with Crippen LogP contribution in [-0.4, -0.2) is 32.4 Å². The summed E-state index contributed by atoms with van der Waals surface area (Å²) in [5.74, 6) is -0.116. The number of carbonyl (C=O) groups is 1. The van der Waals surface area contributed by atoms with Crippen LogP contribution in [0.1, 0.15) is 16.4 Å². The van der Waals surface area contributed by atoms with Crippen molar-refractivity contribution in [1.29, 1.82) is 0 Å². The summed E-state index contributed by atoms with van der Waals surface area (Å²) < 4.78 is 13.0. The van der Waals surface area contributed by atoms with E-state index < -0.39 is 5.91 Å². The van der Waals surface area contributed by atoms with Gasteiger partial charge in [-0.3, -0.25) is 9.59 Å². The molecule has 1 amide bonds. The number of halogens is 1. The zero-order valence-corrected chi connectivity index (χ0v) is 14.7. The molecule has 0 aliphatic rings. The Labute approximate surface area is 158 Å². The lowest BCUT2D eigenvalue weighted by molar-refractivity contribution is 0.0943. The molecule has 0 aliphatic heterocycles. The van der Waals surface area contributed by atoms with Gasteiger partial charge in [0.2, 0.25) is 0 Å². The highest BCUT2D eigenvalue weighted by molar-refractivity contribution is 5.92. The van der Waals surface area contributed by atoms with Gasteiger partial charge in [-0.2, -0.15) is 0 Å². The van der Waals surface area contributed by atoms with Crippen molar-refractivity contribution in [2.75, 3.05) is 6.54 Å². The maximum Gasteiger partial charge on any atom is 0.287 e. The van der Waals surface area contributed by atoms with E-state index in [4.69, 9.17) is 0 Å². The largest absolute Gasteiger partial charge is 0.349 e. The molecule has 2 aromatic carbocycles. The third kappa shape index (κ3) is 3.66. The van der Waals surface area contributed by atoms with Gasteiger partial charge in [0, 0.05) is 13.0 Å². The van der Waals surface area contributed by atoms with Crippen LogP contribution in [0.3, 0.4) is 0 Å². The van der Waals surface area contributed by atoms with E-state index in [2.05, 4.69) is 25.3 Å². The fraction of sp³-hybridized carbons (Fsp3) is 0.100. The first-order valence-electron chi connectivity index (χ1n) is 8.67. The minimum atomic E-state index is -0.465. The number of amides is 1. The Bertz CT molecular complexity index is 1200. The number of nitrogens with zero attached hydrogens (tertiary/aromatic N) is 2. The van der Waals surface area contributed by atoms with Gasteiger partial charge in [-0.15, -0.1) is 0 Å². The molecule has 0 bridgehead atoms. The number of aromatic nitrogens is 4. The van der Waals surface area contributed by atoms with Crippen LogP contribution in [-0.2, 0) is 6.42 Å². The van der Waals surface area contributed by atoms with Crippen LogP contribution in [0.5, 0.6) is 0 Å². The third-order valence-corrected chi connectivity index (χ3v) is 4.26. The smallest absolute Gasteiger partial charge is 0.287 e. The van der Waals surface area contributed by atoms with Crippen LogP contribution in [0.15, 0.2) is 59.5 Å². The van der Waals surface area contributed by atoms with E-state index in [0.717, 1.165) is 11.3 Å². The summed E-state index contributed by atoms with van der Waals surface area (Å²) in [4.78, 5) is 38.4. The average Bonchev–Trinajstić information content (AvgIpc) is 3.17. The van der Waals surface area contributed by atoms with E-state index in [9.17, 15) is 14.0 Å². The van der Waals surface area contributed by atoms with E-state index in [-0.39, 0.29) is 17.2 Å². The second-order valence-corrected chi connectivity index (χ2v) is 6.19. The molecule has 0 fully saturated rings. The van der Waals surface area contributed by atoms with Crippen molar-refractivity contribution in [3.63, 3.8) is 0 Å². The second-order valence-electron chi connectivity index (χ2n) is 6.19. The third-order valence-electron chi connectivity index (χ3n) is 4.26. The molecular weight excluding hydrogens is 361 g/mol. The van der Waals surface area contributed by atoms with Crippen LogP contribution < -0.4 is 10.9 Å². The van der Waals surface area contributed by atoms with Crippen molar-refractivity contribution in [3.8, 4) is 11.3 Å². The fourth-order valence-electron chi connectivity index (χ4n) is 2.84. The van der Waals surface area contributed by atoms with E-state index in [1.807, 2.05) is 0 Å². The first-order valence-corrected chi connectivity index (χ1v) is 8.67. The molecule has 0 unspecified atom stereocenters. The molecule has 3 N–H and O–H groups in total. The Hall–Kier alpha value is -3.81. The summed E-state index contributed by atoms with van der Waals surface area (Å²) in [6, 6.07) is 12.9. The predicted octanol–water partition coefficient (Wildman–Crippen LogP) is 2.42. The molecular formula is C20H16FN5O2. The maximum absolute atomic E-state index is 13.0. The summed E-state index contributed by atoms with van der Waals surface area (Å²) >= 11 is 0. The average molecular weight is 377 g/mol. The van der Waals surface area contributed by atoms with Crippen LogP contribution in [0.2, 0.25) is 0 Å². The number of rotatable bonds is 5. The van der Waals surface area contributed by atoms with E-state index in [1.165, 1.54) is 12.1 Å². The van der Waals surface area contributed by atoms with Gasteiger partial charge in [-0.1, -0.05) is 12.1 Å². The number of para-hydroxylation sites is 1. The lowest BCUT2D eigenvalue weighted by Crippen LogP contribution is -2.29. The van der Waals surface area contributed by atoms with Gasteiger partial charge in [-0.05, 0) is 42.0 Å². The number of H-pyrrole nitrogens is 2. The molecule has 0 atom stereocenters. The Morgan fingerprint density at radius 3 is 2.68 bits per heavy atom. The number of imidazole rings is 1. The normalized spacial score (nSPS) is 10.9. The van der Waals surface area contributed by atoms with Crippen LogP contribution in [0.25, 0.3) is 22.2 Å². The molecule has 4 aromatic rings. The summed E-state index contributed by atoms with van der Waals surface area (Å²) in [6.07, 6.45) is 2.12. The lowest BCUT2D eigenvalue weighted by Gasteiger charge is -2.04. The van der Waals surface area contributed by atoms with Crippen molar-refractivity contribution in [3.05, 3.63) is 82.5 Å².